The molecule has 1 aromatic heterocycles. The molecule has 0 unspecified atom stereocenters. The second kappa shape index (κ2) is 7.05. The lowest BCUT2D eigenvalue weighted by Crippen LogP contribution is -1.96. The summed E-state index contributed by atoms with van der Waals surface area (Å²) in [6, 6.07) is 10.1. The van der Waals surface area contributed by atoms with Gasteiger partial charge in [0.1, 0.15) is 0 Å². The monoisotopic (exact) mass is 344 g/mol. The van der Waals surface area contributed by atoms with Crippen molar-refractivity contribution in [2.75, 3.05) is 21.3 Å². The predicted octanol–water partition coefficient (Wildman–Crippen LogP) is 4.19. The van der Waals surface area contributed by atoms with Gasteiger partial charge in [-0.25, -0.2) is 4.98 Å². The maximum atomic E-state index is 5.39. The Kier molecular flexibility index (Phi) is 4.85. The van der Waals surface area contributed by atoms with Gasteiger partial charge >= 0.3 is 0 Å². The number of H-pyrrole nitrogens is 1. The Hall–Kier alpha value is -2.34. The highest BCUT2D eigenvalue weighted by atomic mass is 32.2. The van der Waals surface area contributed by atoms with Gasteiger partial charge in [-0.2, -0.15) is 0 Å². The first-order chi connectivity index (χ1) is 11.6. The number of hydrogen-bond acceptors (Lipinski definition) is 5. The summed E-state index contributed by atoms with van der Waals surface area (Å²) in [5, 5.41) is 0.893. The van der Waals surface area contributed by atoms with Crippen LogP contribution in [-0.4, -0.2) is 31.3 Å². The van der Waals surface area contributed by atoms with E-state index in [1.54, 1.807) is 33.1 Å². The van der Waals surface area contributed by atoms with Crippen LogP contribution in [0.15, 0.2) is 35.5 Å². The molecule has 0 atom stereocenters. The molecule has 5 nitrogen and oxygen atoms in total. The Bertz CT molecular complexity index is 836. The fraction of sp³-hybridized carbons (Fsp3) is 0.278. The molecule has 3 rings (SSSR count). The number of methoxy groups -OCH3 is 3. The first-order valence-electron chi connectivity index (χ1n) is 7.52. The Morgan fingerprint density at radius 2 is 1.71 bits per heavy atom. The average molecular weight is 344 g/mol. The van der Waals surface area contributed by atoms with Crippen LogP contribution in [0.25, 0.3) is 11.0 Å². The zero-order valence-electron chi connectivity index (χ0n) is 14.2. The summed E-state index contributed by atoms with van der Waals surface area (Å²) in [6.07, 6.45) is 0. The van der Waals surface area contributed by atoms with Crippen molar-refractivity contribution in [1.82, 2.24) is 9.97 Å². The number of aryl methyl sites for hydroxylation is 1. The average Bonchev–Trinajstić information content (AvgIpc) is 3.00. The van der Waals surface area contributed by atoms with Crippen molar-refractivity contribution in [2.45, 2.75) is 17.8 Å². The van der Waals surface area contributed by atoms with E-state index >= 15 is 0 Å². The number of fused-ring (bicyclic) bond motifs is 1. The van der Waals surface area contributed by atoms with Gasteiger partial charge in [-0.1, -0.05) is 17.8 Å². The SMILES string of the molecule is COc1cc(CSc2nc3ccc(C)cc3[nH]2)cc(OC)c1OC. The van der Waals surface area contributed by atoms with Crippen LogP contribution in [0, 0.1) is 6.92 Å². The van der Waals surface area contributed by atoms with Crippen molar-refractivity contribution >= 4 is 22.8 Å². The van der Waals surface area contributed by atoms with Crippen LogP contribution in [0.5, 0.6) is 17.2 Å². The molecule has 2 aromatic carbocycles. The number of aromatic amines is 1. The zero-order valence-corrected chi connectivity index (χ0v) is 15.0. The Balaban J connectivity index is 1.82. The van der Waals surface area contributed by atoms with Crippen molar-refractivity contribution < 1.29 is 14.2 Å². The molecule has 0 spiro atoms. The highest BCUT2D eigenvalue weighted by Crippen LogP contribution is 2.39. The second-order valence-electron chi connectivity index (χ2n) is 5.38. The largest absolute Gasteiger partial charge is 0.493 e. The molecule has 126 valence electrons. The van der Waals surface area contributed by atoms with Gasteiger partial charge in [-0.15, -0.1) is 0 Å². The maximum absolute atomic E-state index is 5.39. The van der Waals surface area contributed by atoms with Crippen molar-refractivity contribution in [1.29, 1.82) is 0 Å². The predicted molar refractivity (Wildman–Crippen MR) is 96.5 cm³/mol. The molecule has 0 aliphatic heterocycles. The Morgan fingerprint density at radius 3 is 2.33 bits per heavy atom. The molecule has 3 aromatic rings. The number of thioether (sulfide) groups is 1. The molecule has 1 N–H and O–H groups in total. The van der Waals surface area contributed by atoms with E-state index in [0.29, 0.717) is 17.2 Å². The third-order valence-corrected chi connectivity index (χ3v) is 4.66. The molecule has 0 saturated carbocycles. The zero-order chi connectivity index (χ0) is 17.1. The number of nitrogens with zero attached hydrogens (tertiary/aromatic N) is 1. The first kappa shape index (κ1) is 16.5. The lowest BCUT2D eigenvalue weighted by atomic mass is 10.2. The van der Waals surface area contributed by atoms with Crippen molar-refractivity contribution in [2.24, 2.45) is 0 Å². The van der Waals surface area contributed by atoms with E-state index in [4.69, 9.17) is 14.2 Å². The van der Waals surface area contributed by atoms with Gasteiger partial charge in [0.2, 0.25) is 5.75 Å². The summed E-state index contributed by atoms with van der Waals surface area (Å²) in [5.41, 5.74) is 4.33. The van der Waals surface area contributed by atoms with Crippen LogP contribution in [0.4, 0.5) is 0 Å². The summed E-state index contributed by atoms with van der Waals surface area (Å²) in [5.74, 6) is 2.67. The van der Waals surface area contributed by atoms with E-state index in [1.165, 1.54) is 5.56 Å². The minimum Gasteiger partial charge on any atom is -0.493 e. The molecule has 0 amide bonds. The number of benzene rings is 2. The van der Waals surface area contributed by atoms with E-state index in [1.807, 2.05) is 18.2 Å². The molecular weight excluding hydrogens is 324 g/mol. The van der Waals surface area contributed by atoms with Crippen LogP contribution in [0.1, 0.15) is 11.1 Å². The molecule has 6 heteroatoms. The number of nitrogens with one attached hydrogen (secondary N) is 1. The molecule has 1 heterocycles. The molecule has 0 radical (unpaired) electrons. The topological polar surface area (TPSA) is 56.4 Å². The van der Waals surface area contributed by atoms with Gasteiger partial charge < -0.3 is 19.2 Å². The molecule has 0 fully saturated rings. The Morgan fingerprint density at radius 1 is 1.00 bits per heavy atom. The van der Waals surface area contributed by atoms with Crippen LogP contribution < -0.4 is 14.2 Å². The van der Waals surface area contributed by atoms with Crippen molar-refractivity contribution in [3.05, 3.63) is 41.5 Å². The number of aromatic nitrogens is 2. The standard InChI is InChI=1S/C18H20N2O3S/c1-11-5-6-13-14(7-11)20-18(19-13)24-10-12-8-15(21-2)17(23-4)16(9-12)22-3/h5-9H,10H2,1-4H3,(H,19,20). The number of ether oxygens (including phenoxy) is 3. The second-order valence-corrected chi connectivity index (χ2v) is 6.35. The van der Waals surface area contributed by atoms with Gasteiger partial charge in [-0.05, 0) is 42.3 Å². The summed E-state index contributed by atoms with van der Waals surface area (Å²) >= 11 is 1.64. The molecule has 0 aliphatic rings. The normalized spacial score (nSPS) is 10.8. The third-order valence-electron chi connectivity index (χ3n) is 3.72. The smallest absolute Gasteiger partial charge is 0.203 e. The van der Waals surface area contributed by atoms with E-state index in [0.717, 1.165) is 27.5 Å². The van der Waals surface area contributed by atoms with Crippen molar-refractivity contribution in [3.63, 3.8) is 0 Å². The highest BCUT2D eigenvalue weighted by Gasteiger charge is 2.13. The van der Waals surface area contributed by atoms with Crippen LogP contribution in [-0.2, 0) is 5.75 Å². The first-order valence-corrected chi connectivity index (χ1v) is 8.51. The summed E-state index contributed by atoms with van der Waals surface area (Å²) in [6.45, 7) is 2.07. The van der Waals surface area contributed by atoms with Gasteiger partial charge in [-0.3, -0.25) is 0 Å². The number of hydrogen-bond donors (Lipinski definition) is 1. The molecule has 0 aliphatic carbocycles. The van der Waals surface area contributed by atoms with Gasteiger partial charge in [0.25, 0.3) is 0 Å². The number of rotatable bonds is 6. The Labute approximate surface area is 145 Å². The van der Waals surface area contributed by atoms with Crippen molar-refractivity contribution in [3.8, 4) is 17.2 Å². The lowest BCUT2D eigenvalue weighted by molar-refractivity contribution is 0.324. The fourth-order valence-corrected chi connectivity index (χ4v) is 3.35. The summed E-state index contributed by atoms with van der Waals surface area (Å²) in [7, 11) is 4.84. The molecule has 24 heavy (non-hydrogen) atoms. The van der Waals surface area contributed by atoms with Gasteiger partial charge in [0.15, 0.2) is 16.7 Å². The van der Waals surface area contributed by atoms with E-state index in [-0.39, 0.29) is 0 Å². The summed E-state index contributed by atoms with van der Waals surface area (Å²) < 4.78 is 16.1. The minimum atomic E-state index is 0.605. The molecule has 0 saturated heterocycles. The van der Waals surface area contributed by atoms with Crippen LogP contribution >= 0.6 is 11.8 Å². The highest BCUT2D eigenvalue weighted by molar-refractivity contribution is 7.98. The van der Waals surface area contributed by atoms with E-state index in [2.05, 4.69) is 29.0 Å². The minimum absolute atomic E-state index is 0.605. The number of imidazole rings is 1. The van der Waals surface area contributed by atoms with Gasteiger partial charge in [0, 0.05) is 5.75 Å². The lowest BCUT2D eigenvalue weighted by Gasteiger charge is -2.13. The quantitative estimate of drug-likeness (QED) is 0.680. The van der Waals surface area contributed by atoms with E-state index < -0.39 is 0 Å². The fourth-order valence-electron chi connectivity index (χ4n) is 2.54. The van der Waals surface area contributed by atoms with Crippen LogP contribution in [0.3, 0.4) is 0 Å². The summed E-state index contributed by atoms with van der Waals surface area (Å²) in [4.78, 5) is 7.96. The van der Waals surface area contributed by atoms with Crippen LogP contribution in [0.2, 0.25) is 0 Å². The third kappa shape index (κ3) is 3.28. The van der Waals surface area contributed by atoms with Gasteiger partial charge in [0.05, 0.1) is 32.4 Å². The maximum Gasteiger partial charge on any atom is 0.203 e. The molecular formula is C18H20N2O3S. The van der Waals surface area contributed by atoms with E-state index in [9.17, 15) is 0 Å². The molecule has 0 bridgehead atoms.